The molecule has 0 spiro atoms. The SMILES string of the molecule is Nc1ccn([C@H]2CC[C@@](F)(COP(=O)(O)OP(=O)(O)O)O2)c(=O)n1. The number of rotatable bonds is 6. The molecule has 1 fully saturated rings. The molecule has 1 aromatic heterocycles. The van der Waals surface area contributed by atoms with Gasteiger partial charge in [0.25, 0.3) is 0 Å². The van der Waals surface area contributed by atoms with E-state index in [4.69, 9.17) is 25.2 Å². The first-order chi connectivity index (χ1) is 10.9. The Morgan fingerprint density at radius 2 is 2.17 bits per heavy atom. The molecule has 1 aromatic rings. The van der Waals surface area contributed by atoms with Crippen LogP contribution in [0.15, 0.2) is 17.1 Å². The van der Waals surface area contributed by atoms with E-state index in [0.717, 1.165) is 4.57 Å². The van der Waals surface area contributed by atoms with Gasteiger partial charge in [-0.05, 0) is 12.5 Å². The van der Waals surface area contributed by atoms with Gasteiger partial charge in [0, 0.05) is 12.6 Å². The van der Waals surface area contributed by atoms with Crippen LogP contribution in [0, 0.1) is 0 Å². The minimum atomic E-state index is -5.31. The summed E-state index contributed by atoms with van der Waals surface area (Å²) in [6.07, 6.45) is -0.111. The van der Waals surface area contributed by atoms with E-state index in [1.54, 1.807) is 0 Å². The van der Waals surface area contributed by atoms with E-state index in [2.05, 4.69) is 13.8 Å². The molecule has 0 saturated carbocycles. The van der Waals surface area contributed by atoms with E-state index in [0.29, 0.717) is 0 Å². The van der Waals surface area contributed by atoms with E-state index >= 15 is 0 Å². The Kier molecular flexibility index (Phi) is 5.28. The molecule has 24 heavy (non-hydrogen) atoms. The normalized spacial score (nSPS) is 27.1. The highest BCUT2D eigenvalue weighted by molar-refractivity contribution is 7.60. The molecular weight excluding hydrogens is 375 g/mol. The lowest BCUT2D eigenvalue weighted by molar-refractivity contribution is -0.175. The highest BCUT2D eigenvalue weighted by atomic mass is 31.3. The first-order valence-electron chi connectivity index (χ1n) is 6.35. The third-order valence-electron chi connectivity index (χ3n) is 2.93. The van der Waals surface area contributed by atoms with Crippen LogP contribution in [0.1, 0.15) is 19.1 Å². The maximum atomic E-state index is 14.4. The number of nitrogen functional groups attached to an aromatic ring is 1. The van der Waals surface area contributed by atoms with Gasteiger partial charge in [-0.15, -0.1) is 0 Å². The summed E-state index contributed by atoms with van der Waals surface area (Å²) in [6.45, 7) is -1.14. The van der Waals surface area contributed by atoms with Crippen molar-refractivity contribution in [1.29, 1.82) is 0 Å². The standard InChI is InChI=1S/C9H14FN3O9P2/c10-9(5-20-24(18,19)22-23(15,16)17)3-1-7(21-9)13-4-2-6(11)12-8(13)14/h2,4,7H,1,3,5H2,(H,18,19)(H2,11,12,14)(H2,15,16,17)/t7-,9+/m1/s1. The average Bonchev–Trinajstić information content (AvgIpc) is 2.77. The number of nitrogens with two attached hydrogens (primary N) is 1. The van der Waals surface area contributed by atoms with E-state index in [9.17, 15) is 18.3 Å². The van der Waals surface area contributed by atoms with Gasteiger partial charge in [0.05, 0.1) is 0 Å². The van der Waals surface area contributed by atoms with E-state index < -0.39 is 40.0 Å². The summed E-state index contributed by atoms with van der Waals surface area (Å²) in [5.41, 5.74) is 4.55. The molecule has 0 aliphatic carbocycles. The van der Waals surface area contributed by atoms with Crippen LogP contribution < -0.4 is 11.4 Å². The third kappa shape index (κ3) is 5.16. The molecule has 3 atom stereocenters. The van der Waals surface area contributed by atoms with Crippen LogP contribution in [0.4, 0.5) is 10.2 Å². The summed E-state index contributed by atoms with van der Waals surface area (Å²) >= 11 is 0. The van der Waals surface area contributed by atoms with Gasteiger partial charge >= 0.3 is 21.3 Å². The number of halogens is 1. The largest absolute Gasteiger partial charge is 0.481 e. The van der Waals surface area contributed by atoms with Crippen molar-refractivity contribution < 1.29 is 41.8 Å². The van der Waals surface area contributed by atoms with Crippen LogP contribution in [0.2, 0.25) is 0 Å². The molecular formula is C9H14FN3O9P2. The number of hydrogen-bond donors (Lipinski definition) is 4. The number of ether oxygens (including phenoxy) is 1. The van der Waals surface area contributed by atoms with Crippen molar-refractivity contribution in [3.8, 4) is 0 Å². The predicted molar refractivity (Wildman–Crippen MR) is 75.0 cm³/mol. The summed E-state index contributed by atoms with van der Waals surface area (Å²) in [5.74, 6) is -2.60. The maximum Gasteiger partial charge on any atom is 0.481 e. The second-order valence-electron chi connectivity index (χ2n) is 4.85. The Balaban J connectivity index is 2.02. The predicted octanol–water partition coefficient (Wildman–Crippen LogP) is 0.0266. The Labute approximate surface area is 133 Å². The quantitative estimate of drug-likeness (QED) is 0.481. The molecule has 15 heteroatoms. The molecule has 2 heterocycles. The second-order valence-corrected chi connectivity index (χ2v) is 7.68. The lowest BCUT2D eigenvalue weighted by Gasteiger charge is -2.22. The van der Waals surface area contributed by atoms with E-state index in [1.165, 1.54) is 12.3 Å². The molecule has 0 amide bonds. The minimum absolute atomic E-state index is 0.0143. The van der Waals surface area contributed by atoms with Gasteiger partial charge in [0.15, 0.2) is 0 Å². The zero-order chi connectivity index (χ0) is 18.2. The monoisotopic (exact) mass is 389 g/mol. The molecule has 0 aromatic carbocycles. The summed E-state index contributed by atoms with van der Waals surface area (Å²) in [4.78, 5) is 41.1. The van der Waals surface area contributed by atoms with Gasteiger partial charge in [-0.1, -0.05) is 0 Å². The lowest BCUT2D eigenvalue weighted by Crippen LogP contribution is -2.32. The van der Waals surface area contributed by atoms with Gasteiger partial charge < -0.3 is 25.2 Å². The first kappa shape index (κ1) is 19.2. The topological polar surface area (TPSA) is 183 Å². The molecule has 1 unspecified atom stereocenters. The Morgan fingerprint density at radius 1 is 1.50 bits per heavy atom. The van der Waals surface area contributed by atoms with Gasteiger partial charge in [-0.3, -0.25) is 9.09 Å². The lowest BCUT2D eigenvalue weighted by atomic mass is 10.2. The molecule has 5 N–H and O–H groups in total. The van der Waals surface area contributed by atoms with Crippen LogP contribution in [0.3, 0.4) is 0 Å². The fraction of sp³-hybridized carbons (Fsp3) is 0.556. The molecule has 1 aliphatic rings. The van der Waals surface area contributed by atoms with Crippen molar-refractivity contribution in [1.82, 2.24) is 9.55 Å². The van der Waals surface area contributed by atoms with Gasteiger partial charge in [0.1, 0.15) is 18.7 Å². The van der Waals surface area contributed by atoms with Crippen molar-refractivity contribution in [3.63, 3.8) is 0 Å². The summed E-state index contributed by atoms with van der Waals surface area (Å²) in [5, 5.41) is 0. The van der Waals surface area contributed by atoms with Crippen molar-refractivity contribution in [3.05, 3.63) is 22.7 Å². The second kappa shape index (κ2) is 6.62. The van der Waals surface area contributed by atoms with Crippen molar-refractivity contribution >= 4 is 21.5 Å². The molecule has 0 bridgehead atoms. The number of aromatic nitrogens is 2. The number of anilines is 1. The highest BCUT2D eigenvalue weighted by Gasteiger charge is 2.45. The Hall–Kier alpha value is -1.17. The summed E-state index contributed by atoms with van der Waals surface area (Å²) in [7, 11) is -10.5. The highest BCUT2D eigenvalue weighted by Crippen LogP contribution is 2.58. The van der Waals surface area contributed by atoms with E-state index in [-0.39, 0.29) is 18.7 Å². The van der Waals surface area contributed by atoms with Crippen molar-refractivity contribution in [2.24, 2.45) is 0 Å². The van der Waals surface area contributed by atoms with Crippen LogP contribution in [0.25, 0.3) is 0 Å². The number of alkyl halides is 1. The van der Waals surface area contributed by atoms with E-state index in [1.807, 2.05) is 0 Å². The average molecular weight is 389 g/mol. The van der Waals surface area contributed by atoms with Crippen LogP contribution in [-0.4, -0.2) is 36.7 Å². The van der Waals surface area contributed by atoms with Crippen molar-refractivity contribution in [2.75, 3.05) is 12.3 Å². The van der Waals surface area contributed by atoms with Crippen LogP contribution >= 0.6 is 15.6 Å². The number of nitrogens with zero attached hydrogens (tertiary/aromatic N) is 2. The maximum absolute atomic E-state index is 14.4. The van der Waals surface area contributed by atoms with Gasteiger partial charge in [-0.2, -0.15) is 9.29 Å². The minimum Gasteiger partial charge on any atom is -0.383 e. The Bertz CT molecular complexity index is 767. The van der Waals surface area contributed by atoms with Crippen LogP contribution in [-0.2, 0) is 22.7 Å². The molecule has 136 valence electrons. The molecule has 1 saturated heterocycles. The number of hydrogen-bond acceptors (Lipinski definition) is 8. The summed E-state index contributed by atoms with van der Waals surface area (Å²) < 4.78 is 49.9. The zero-order valence-corrected chi connectivity index (χ0v) is 13.7. The van der Waals surface area contributed by atoms with Crippen LogP contribution in [0.5, 0.6) is 0 Å². The molecule has 0 radical (unpaired) electrons. The smallest absolute Gasteiger partial charge is 0.383 e. The molecule has 2 rings (SSSR count). The summed E-state index contributed by atoms with van der Waals surface area (Å²) in [6, 6.07) is 1.30. The molecule has 12 nitrogen and oxygen atoms in total. The third-order valence-corrected chi connectivity index (χ3v) is 5.06. The fourth-order valence-corrected chi connectivity index (χ4v) is 3.60. The number of phosphoric acid groups is 2. The first-order valence-corrected chi connectivity index (χ1v) is 9.37. The Morgan fingerprint density at radius 3 is 2.75 bits per heavy atom. The van der Waals surface area contributed by atoms with Gasteiger partial charge in [0.2, 0.25) is 5.85 Å². The number of phosphoric ester groups is 1. The fourth-order valence-electron chi connectivity index (χ4n) is 1.98. The van der Waals surface area contributed by atoms with Gasteiger partial charge in [-0.25, -0.2) is 18.3 Å². The van der Waals surface area contributed by atoms with Crippen molar-refractivity contribution in [2.45, 2.75) is 24.9 Å². The zero-order valence-electron chi connectivity index (χ0n) is 11.9. The molecule has 1 aliphatic heterocycles.